The monoisotopic (exact) mass is 680 g/mol. The first-order valence-corrected chi connectivity index (χ1v) is 16.9. The molecule has 47 heavy (non-hydrogen) atoms. The lowest BCUT2D eigenvalue weighted by Crippen LogP contribution is -2.18. The molecule has 0 N–H and O–H groups in total. The van der Waals surface area contributed by atoms with Gasteiger partial charge in [0.25, 0.3) is 0 Å². The highest BCUT2D eigenvalue weighted by atomic mass is 79.9. The molecule has 5 heteroatoms. The van der Waals surface area contributed by atoms with E-state index >= 15 is 0 Å². The topological polar surface area (TPSA) is 51.6 Å². The Morgan fingerprint density at radius 1 is 0.511 bits per heavy atom. The van der Waals surface area contributed by atoms with Gasteiger partial charge in [0.15, 0.2) is 11.6 Å². The van der Waals surface area contributed by atoms with Crippen molar-refractivity contribution in [3.8, 4) is 56.3 Å². The second-order valence-corrected chi connectivity index (χ2v) is 15.3. The first-order valence-electron chi connectivity index (χ1n) is 16.1. The number of hydrogen-bond acceptors (Lipinski definition) is 4. The third-order valence-corrected chi connectivity index (χ3v) is 9.01. The van der Waals surface area contributed by atoms with Crippen molar-refractivity contribution in [2.45, 2.75) is 66.2 Å². The maximum Gasteiger partial charge on any atom is 0.165 e. The summed E-state index contributed by atoms with van der Waals surface area (Å²) in [7, 11) is 0. The first-order chi connectivity index (χ1) is 22.3. The molecule has 4 nitrogen and oxygen atoms in total. The van der Waals surface area contributed by atoms with Crippen LogP contribution in [0.1, 0.15) is 64.1 Å². The van der Waals surface area contributed by atoms with Crippen LogP contribution in [-0.2, 0) is 10.8 Å². The number of aryl methyl sites for hydroxylation is 2. The predicted molar refractivity (Wildman–Crippen MR) is 199 cm³/mol. The third kappa shape index (κ3) is 7.11. The number of aromatic nitrogens is 4. The highest BCUT2D eigenvalue weighted by Gasteiger charge is 2.22. The Balaban J connectivity index is 1.32. The molecule has 0 aliphatic carbocycles. The fourth-order valence-corrected chi connectivity index (χ4v) is 6.37. The van der Waals surface area contributed by atoms with Gasteiger partial charge in [-0.1, -0.05) is 147 Å². The summed E-state index contributed by atoms with van der Waals surface area (Å²) in [5.74, 6) is 2.05. The molecule has 236 valence electrons. The summed E-state index contributed by atoms with van der Waals surface area (Å²) in [6.45, 7) is 17.3. The molecule has 6 aromatic rings. The van der Waals surface area contributed by atoms with Gasteiger partial charge in [0.1, 0.15) is 5.82 Å². The van der Waals surface area contributed by atoms with Crippen LogP contribution < -0.4 is 0 Å². The van der Waals surface area contributed by atoms with E-state index in [1.165, 1.54) is 33.4 Å². The lowest BCUT2D eigenvalue weighted by molar-refractivity contribution is 0.543. The molecule has 6 rings (SSSR count). The minimum Gasteiger partial charge on any atom is -0.255 e. The molecule has 2 aromatic heterocycles. The maximum atomic E-state index is 4.92. The zero-order chi connectivity index (χ0) is 33.5. The second kappa shape index (κ2) is 12.6. The maximum absolute atomic E-state index is 4.92. The number of halogens is 1. The van der Waals surface area contributed by atoms with Gasteiger partial charge in [0.05, 0.1) is 5.69 Å². The fraction of sp³-hybridized carbons (Fsp3) is 0.238. The van der Waals surface area contributed by atoms with E-state index in [0.29, 0.717) is 11.6 Å². The number of nitrogens with zero attached hydrogens (tertiary/aromatic N) is 4. The van der Waals surface area contributed by atoms with Crippen LogP contribution in [0.2, 0.25) is 0 Å². The van der Waals surface area contributed by atoms with Gasteiger partial charge in [0.2, 0.25) is 0 Å². The van der Waals surface area contributed by atoms with Gasteiger partial charge in [-0.05, 0) is 65.3 Å². The number of hydrogen-bond donors (Lipinski definition) is 0. The van der Waals surface area contributed by atoms with Gasteiger partial charge in [-0.3, -0.25) is 4.98 Å². The average molecular weight is 682 g/mol. The SMILES string of the molecule is Cc1cc(C)cc(-c2ccccc2-c2ccc(-c3ccc(-c4nc(-c5ccc(C(C)(C)C)cc5)nc(C(C)(C)C)n4)cn3)cc2Br)c1. The van der Waals surface area contributed by atoms with E-state index in [0.717, 1.165) is 38.2 Å². The summed E-state index contributed by atoms with van der Waals surface area (Å²) in [5, 5.41) is 0. The minimum atomic E-state index is -0.240. The van der Waals surface area contributed by atoms with Crippen molar-refractivity contribution < 1.29 is 0 Å². The van der Waals surface area contributed by atoms with Crippen molar-refractivity contribution in [1.82, 2.24) is 19.9 Å². The number of rotatable bonds is 5. The van der Waals surface area contributed by atoms with Crippen molar-refractivity contribution in [3.05, 3.63) is 130 Å². The van der Waals surface area contributed by atoms with Crippen molar-refractivity contribution in [2.75, 3.05) is 0 Å². The van der Waals surface area contributed by atoms with Gasteiger partial charge in [-0.25, -0.2) is 15.0 Å². The van der Waals surface area contributed by atoms with Gasteiger partial charge >= 0.3 is 0 Å². The molecule has 0 bridgehead atoms. The van der Waals surface area contributed by atoms with Crippen molar-refractivity contribution in [1.29, 1.82) is 0 Å². The molecule has 0 atom stereocenters. The Morgan fingerprint density at radius 3 is 1.68 bits per heavy atom. The Morgan fingerprint density at radius 2 is 1.11 bits per heavy atom. The van der Waals surface area contributed by atoms with Gasteiger partial charge in [-0.2, -0.15) is 0 Å². The zero-order valence-electron chi connectivity index (χ0n) is 28.5. The molecule has 0 spiro atoms. The Bertz CT molecular complexity index is 2050. The quantitative estimate of drug-likeness (QED) is 0.182. The summed E-state index contributed by atoms with van der Waals surface area (Å²) in [6.07, 6.45) is 1.86. The van der Waals surface area contributed by atoms with E-state index in [9.17, 15) is 0 Å². The van der Waals surface area contributed by atoms with Crippen LogP contribution in [0, 0.1) is 13.8 Å². The van der Waals surface area contributed by atoms with E-state index in [2.05, 4.69) is 156 Å². The first kappa shape index (κ1) is 32.5. The lowest BCUT2D eigenvalue weighted by Gasteiger charge is -2.20. The summed E-state index contributed by atoms with van der Waals surface area (Å²) in [5.41, 5.74) is 12.1. The molecule has 0 saturated carbocycles. The highest BCUT2D eigenvalue weighted by Crippen LogP contribution is 2.38. The summed E-state index contributed by atoms with van der Waals surface area (Å²) in [4.78, 5) is 19.6. The van der Waals surface area contributed by atoms with Crippen LogP contribution in [0.3, 0.4) is 0 Å². The molecule has 0 radical (unpaired) electrons. The third-order valence-electron chi connectivity index (χ3n) is 8.35. The zero-order valence-corrected chi connectivity index (χ0v) is 30.1. The van der Waals surface area contributed by atoms with Gasteiger partial charge in [-0.15, -0.1) is 0 Å². The van der Waals surface area contributed by atoms with Crippen molar-refractivity contribution in [2.24, 2.45) is 0 Å². The Kier molecular flexibility index (Phi) is 8.71. The number of benzene rings is 4. The van der Waals surface area contributed by atoms with E-state index < -0.39 is 0 Å². The van der Waals surface area contributed by atoms with Crippen LogP contribution >= 0.6 is 15.9 Å². The predicted octanol–water partition coefficient (Wildman–Crippen LogP) is 11.6. The minimum absolute atomic E-state index is 0.0771. The number of pyridine rings is 1. The van der Waals surface area contributed by atoms with Crippen LogP contribution in [-0.4, -0.2) is 19.9 Å². The van der Waals surface area contributed by atoms with Crippen LogP contribution in [0.4, 0.5) is 0 Å². The highest BCUT2D eigenvalue weighted by molar-refractivity contribution is 9.10. The van der Waals surface area contributed by atoms with Crippen molar-refractivity contribution in [3.63, 3.8) is 0 Å². The van der Waals surface area contributed by atoms with E-state index in [4.69, 9.17) is 19.9 Å². The lowest BCUT2D eigenvalue weighted by atomic mass is 9.86. The molecule has 4 aromatic carbocycles. The van der Waals surface area contributed by atoms with E-state index in [-0.39, 0.29) is 10.8 Å². The smallest absolute Gasteiger partial charge is 0.165 e. The summed E-state index contributed by atoms with van der Waals surface area (Å²) in [6, 6.07) is 34.4. The molecule has 2 heterocycles. The largest absolute Gasteiger partial charge is 0.255 e. The second-order valence-electron chi connectivity index (χ2n) is 14.4. The molecule has 0 amide bonds. The van der Waals surface area contributed by atoms with Gasteiger partial charge in [0, 0.05) is 32.8 Å². The molecule has 0 aliphatic rings. The van der Waals surface area contributed by atoms with E-state index in [1.54, 1.807) is 0 Å². The van der Waals surface area contributed by atoms with Crippen LogP contribution in [0.15, 0.2) is 108 Å². The van der Waals surface area contributed by atoms with E-state index in [1.807, 2.05) is 18.3 Å². The molecular weight excluding hydrogens is 640 g/mol. The molecule has 0 aliphatic heterocycles. The Labute approximate surface area is 287 Å². The van der Waals surface area contributed by atoms with Crippen LogP contribution in [0.5, 0.6) is 0 Å². The summed E-state index contributed by atoms with van der Waals surface area (Å²) < 4.78 is 1.02. The van der Waals surface area contributed by atoms with Crippen molar-refractivity contribution >= 4 is 15.9 Å². The standard InChI is InChI=1S/C42H41BrN4/c1-26-21-27(2)23-31(22-26)33-11-9-10-12-34(33)35-19-15-29(24-36(35)43)37-20-16-30(25-44-37)39-45-38(46-40(47-39)42(6,7)8)28-13-17-32(18-14-28)41(3,4)5/h9-25H,1-8H3. The Hall–Kier alpha value is -4.48. The molecule has 0 unspecified atom stereocenters. The van der Waals surface area contributed by atoms with Crippen LogP contribution in [0.25, 0.3) is 56.3 Å². The summed E-state index contributed by atoms with van der Waals surface area (Å²) >= 11 is 3.89. The average Bonchev–Trinajstić information content (AvgIpc) is 3.03. The molecule has 0 fully saturated rings. The molecule has 0 saturated heterocycles. The fourth-order valence-electron chi connectivity index (χ4n) is 5.78. The van der Waals surface area contributed by atoms with Gasteiger partial charge < -0.3 is 0 Å². The molecular formula is C42H41BrN4. The normalized spacial score (nSPS) is 11.9.